The van der Waals surface area contributed by atoms with Gasteiger partial charge < -0.3 is 0 Å². The summed E-state index contributed by atoms with van der Waals surface area (Å²) in [5.74, 6) is 0.876. The molecule has 0 unspecified atom stereocenters. The van der Waals surface area contributed by atoms with Gasteiger partial charge in [-0.2, -0.15) is 11.3 Å². The lowest BCUT2D eigenvalue weighted by atomic mass is 10.3. The first-order chi connectivity index (χ1) is 5.36. The fourth-order valence-electron chi connectivity index (χ4n) is 0.752. The van der Waals surface area contributed by atoms with E-state index >= 15 is 0 Å². The number of nitrogens with zero attached hydrogens (tertiary/aromatic N) is 1. The summed E-state index contributed by atoms with van der Waals surface area (Å²) < 4.78 is 3.70. The number of rotatable bonds is 1. The van der Waals surface area contributed by atoms with E-state index in [-0.39, 0.29) is 0 Å². The van der Waals surface area contributed by atoms with Crippen LogP contribution in [0.3, 0.4) is 0 Å². The Balaban J connectivity index is 2.53. The van der Waals surface area contributed by atoms with E-state index < -0.39 is 0 Å². The fourth-order valence-corrected chi connectivity index (χ4v) is 2.09. The van der Waals surface area contributed by atoms with Crippen molar-refractivity contribution >= 4 is 35.1 Å². The van der Waals surface area contributed by atoms with Crippen LogP contribution in [0.1, 0.15) is 0 Å². The summed E-state index contributed by atoms with van der Waals surface area (Å²) in [6.45, 7) is 0. The van der Waals surface area contributed by atoms with E-state index in [2.05, 4.69) is 9.36 Å². The van der Waals surface area contributed by atoms with E-state index in [1.165, 1.54) is 11.5 Å². The molecule has 0 fully saturated rings. The van der Waals surface area contributed by atoms with Gasteiger partial charge in [0.05, 0.1) is 0 Å². The Morgan fingerprint density at radius 2 is 2.45 bits per heavy atom. The molecule has 0 atom stereocenters. The Morgan fingerprint density at radius 1 is 1.55 bits per heavy atom. The number of nitrogens with one attached hydrogen (secondary N) is 1. The summed E-state index contributed by atoms with van der Waals surface area (Å²) in [6.07, 6.45) is 0. The van der Waals surface area contributed by atoms with E-state index in [0.717, 1.165) is 11.4 Å². The largest absolute Gasteiger partial charge is 0.292 e. The molecule has 56 valence electrons. The van der Waals surface area contributed by atoms with Crippen LogP contribution in [-0.4, -0.2) is 9.36 Å². The molecule has 1 N–H and O–H groups in total. The van der Waals surface area contributed by atoms with Crippen LogP contribution in [0.25, 0.3) is 11.4 Å². The van der Waals surface area contributed by atoms with Gasteiger partial charge in [-0.05, 0) is 35.2 Å². The van der Waals surface area contributed by atoms with Crippen molar-refractivity contribution in [2.45, 2.75) is 0 Å². The van der Waals surface area contributed by atoms with Crippen LogP contribution in [0.5, 0.6) is 0 Å². The highest BCUT2D eigenvalue weighted by atomic mass is 32.2. The molecule has 0 aliphatic rings. The van der Waals surface area contributed by atoms with Crippen molar-refractivity contribution in [1.82, 2.24) is 9.36 Å². The molecule has 0 saturated heterocycles. The summed E-state index contributed by atoms with van der Waals surface area (Å²) in [5, 5.41) is 4.06. The van der Waals surface area contributed by atoms with Crippen LogP contribution in [0.4, 0.5) is 0 Å². The van der Waals surface area contributed by atoms with Gasteiger partial charge in [0, 0.05) is 10.9 Å². The third-order valence-corrected chi connectivity index (χ3v) is 2.82. The van der Waals surface area contributed by atoms with E-state index in [4.69, 9.17) is 12.2 Å². The standard InChI is InChI=1S/C6H4N2S3/c9-6-7-5(8-11-6)4-1-2-10-3-4/h1-3H,(H,7,8,9). The molecule has 5 heteroatoms. The lowest BCUT2D eigenvalue weighted by Crippen LogP contribution is -1.73. The molecule has 11 heavy (non-hydrogen) atoms. The third kappa shape index (κ3) is 1.40. The minimum Gasteiger partial charge on any atom is -0.292 e. The third-order valence-electron chi connectivity index (χ3n) is 1.23. The van der Waals surface area contributed by atoms with Crippen LogP contribution >= 0.6 is 35.1 Å². The molecule has 2 rings (SSSR count). The van der Waals surface area contributed by atoms with Gasteiger partial charge in [0.2, 0.25) is 0 Å². The summed E-state index contributed by atoms with van der Waals surface area (Å²) >= 11 is 7.93. The number of aromatic nitrogens is 2. The maximum absolute atomic E-state index is 4.89. The first-order valence-electron chi connectivity index (χ1n) is 2.94. The highest BCUT2D eigenvalue weighted by Gasteiger charge is 1.99. The second-order valence-corrected chi connectivity index (χ2v) is 4.16. The Bertz CT molecular complexity index is 384. The van der Waals surface area contributed by atoms with Gasteiger partial charge in [0.15, 0.2) is 3.95 Å². The number of hydrogen-bond acceptors (Lipinski definition) is 4. The average molecular weight is 200 g/mol. The molecule has 0 radical (unpaired) electrons. The van der Waals surface area contributed by atoms with Crippen molar-refractivity contribution in [3.8, 4) is 11.4 Å². The van der Waals surface area contributed by atoms with Gasteiger partial charge in [-0.15, -0.1) is 0 Å². The lowest BCUT2D eigenvalue weighted by Gasteiger charge is -1.84. The summed E-state index contributed by atoms with van der Waals surface area (Å²) in [7, 11) is 0. The quantitative estimate of drug-likeness (QED) is 0.717. The zero-order chi connectivity index (χ0) is 7.68. The molecule has 0 aliphatic heterocycles. The van der Waals surface area contributed by atoms with Crippen molar-refractivity contribution in [2.75, 3.05) is 0 Å². The molecule has 2 nitrogen and oxygen atoms in total. The van der Waals surface area contributed by atoms with E-state index in [1.807, 2.05) is 16.8 Å². The minimum atomic E-state index is 0.659. The molecule has 2 aromatic rings. The molecule has 0 aliphatic carbocycles. The molecule has 0 saturated carbocycles. The van der Waals surface area contributed by atoms with E-state index in [1.54, 1.807) is 11.3 Å². The van der Waals surface area contributed by atoms with Crippen molar-refractivity contribution in [2.24, 2.45) is 0 Å². The number of H-pyrrole nitrogens is 1. The Hall–Kier alpha value is -0.520. The van der Waals surface area contributed by atoms with E-state index in [0.29, 0.717) is 3.95 Å². The molecule has 2 aromatic heterocycles. The van der Waals surface area contributed by atoms with Gasteiger partial charge >= 0.3 is 0 Å². The second-order valence-electron chi connectivity index (χ2n) is 1.94. The molecular formula is C6H4N2S3. The Kier molecular flexibility index (Phi) is 1.85. The lowest BCUT2D eigenvalue weighted by molar-refractivity contribution is 1.32. The van der Waals surface area contributed by atoms with Crippen molar-refractivity contribution < 1.29 is 0 Å². The molecule has 0 bridgehead atoms. The van der Waals surface area contributed by atoms with Gasteiger partial charge in [0.1, 0.15) is 5.82 Å². The topological polar surface area (TPSA) is 28.7 Å². The van der Waals surface area contributed by atoms with Gasteiger partial charge in [-0.25, -0.2) is 4.98 Å². The van der Waals surface area contributed by atoms with Crippen molar-refractivity contribution in [3.05, 3.63) is 20.8 Å². The van der Waals surface area contributed by atoms with Crippen LogP contribution < -0.4 is 0 Å². The van der Waals surface area contributed by atoms with E-state index in [9.17, 15) is 0 Å². The zero-order valence-corrected chi connectivity index (χ0v) is 7.85. The van der Waals surface area contributed by atoms with Crippen LogP contribution in [0.2, 0.25) is 0 Å². The normalized spacial score (nSPS) is 10.2. The predicted molar refractivity (Wildman–Crippen MR) is 50.6 cm³/mol. The molecular weight excluding hydrogens is 196 g/mol. The maximum Gasteiger partial charge on any atom is 0.198 e. The van der Waals surface area contributed by atoms with Gasteiger partial charge in [-0.3, -0.25) is 4.37 Å². The average Bonchev–Trinajstić information content (AvgIpc) is 2.55. The number of thiophene rings is 1. The second kappa shape index (κ2) is 2.84. The first kappa shape index (κ1) is 7.15. The van der Waals surface area contributed by atoms with Crippen molar-refractivity contribution in [3.63, 3.8) is 0 Å². The summed E-state index contributed by atoms with van der Waals surface area (Å²) in [6, 6.07) is 2.02. The smallest absolute Gasteiger partial charge is 0.198 e. The summed E-state index contributed by atoms with van der Waals surface area (Å²) in [5.41, 5.74) is 1.11. The van der Waals surface area contributed by atoms with Crippen LogP contribution in [0, 0.1) is 3.95 Å². The number of hydrogen-bond donors (Lipinski definition) is 1. The first-order valence-corrected chi connectivity index (χ1v) is 5.11. The van der Waals surface area contributed by atoms with Crippen molar-refractivity contribution in [1.29, 1.82) is 0 Å². The SMILES string of the molecule is S=c1nc(-c2ccsc2)[nH]s1. The highest BCUT2D eigenvalue weighted by molar-refractivity contribution is 7.73. The fraction of sp³-hybridized carbons (Fsp3) is 0. The zero-order valence-electron chi connectivity index (χ0n) is 5.40. The predicted octanol–water partition coefficient (Wildman–Crippen LogP) is 2.93. The molecule has 0 aromatic carbocycles. The van der Waals surface area contributed by atoms with Gasteiger partial charge in [-0.1, -0.05) is 0 Å². The monoisotopic (exact) mass is 200 g/mol. The summed E-state index contributed by atoms with van der Waals surface area (Å²) in [4.78, 5) is 4.14. The van der Waals surface area contributed by atoms with Crippen LogP contribution in [-0.2, 0) is 0 Å². The maximum atomic E-state index is 4.89. The minimum absolute atomic E-state index is 0.659. The van der Waals surface area contributed by atoms with Crippen LogP contribution in [0.15, 0.2) is 16.8 Å². The Labute approximate surface area is 76.7 Å². The number of aromatic amines is 1. The van der Waals surface area contributed by atoms with Gasteiger partial charge in [0.25, 0.3) is 0 Å². The molecule has 0 spiro atoms. The Morgan fingerprint density at radius 3 is 3.00 bits per heavy atom. The highest BCUT2D eigenvalue weighted by Crippen LogP contribution is 2.18. The molecule has 0 amide bonds. The molecule has 2 heterocycles.